The second-order valence-corrected chi connectivity index (χ2v) is 14.3. The highest BCUT2D eigenvalue weighted by Gasteiger charge is 2.13. The molecule has 24 heavy (non-hydrogen) atoms. The summed E-state index contributed by atoms with van der Waals surface area (Å²) in [6, 6.07) is 17.1. The van der Waals surface area contributed by atoms with Crippen LogP contribution in [0.4, 0.5) is 5.69 Å². The van der Waals surface area contributed by atoms with Gasteiger partial charge in [0.15, 0.2) is 0 Å². The standard InChI is InChI=1S/C20H23NS2Si/c1-24(2,3)15-14-23-20(22)18-10-6-16(7-11-18)4-5-17-8-12-19(21)13-9-17/h6-13H,14-15,21H2,1-3H3. The maximum absolute atomic E-state index is 5.68. The van der Waals surface area contributed by atoms with Crippen LogP contribution in [0.5, 0.6) is 0 Å². The molecule has 0 amide bonds. The SMILES string of the molecule is C[Si](C)(C)CCSC(=S)c1ccc(C#Cc2ccc(N)cc2)cc1. The highest BCUT2D eigenvalue weighted by atomic mass is 32.2. The maximum Gasteiger partial charge on any atom is 0.0778 e. The van der Waals surface area contributed by atoms with Crippen molar-refractivity contribution in [3.05, 3.63) is 65.2 Å². The normalized spacial score (nSPS) is 10.8. The third kappa shape index (κ3) is 6.52. The number of thiocarbonyl (C=S) groups is 1. The zero-order valence-electron chi connectivity index (χ0n) is 14.4. The molecule has 0 saturated heterocycles. The molecule has 0 unspecified atom stereocenters. The predicted octanol–water partition coefficient (Wildman–Crippen LogP) is 5.42. The summed E-state index contributed by atoms with van der Waals surface area (Å²) in [5.74, 6) is 7.44. The quantitative estimate of drug-likeness (QED) is 0.337. The molecule has 0 radical (unpaired) electrons. The first-order valence-corrected chi connectivity index (χ1v) is 13.1. The van der Waals surface area contributed by atoms with Crippen LogP contribution in [-0.4, -0.2) is 18.0 Å². The highest BCUT2D eigenvalue weighted by molar-refractivity contribution is 8.23. The fraction of sp³-hybridized carbons (Fsp3) is 0.250. The second-order valence-electron chi connectivity index (χ2n) is 6.90. The molecule has 0 spiro atoms. The van der Waals surface area contributed by atoms with Crippen LogP contribution < -0.4 is 5.73 Å². The first kappa shape index (κ1) is 18.8. The molecule has 0 aliphatic carbocycles. The van der Waals surface area contributed by atoms with Gasteiger partial charge in [-0.25, -0.2) is 0 Å². The molecular weight excluding hydrogens is 346 g/mol. The molecule has 2 rings (SSSR count). The fourth-order valence-corrected chi connectivity index (χ4v) is 5.67. The molecule has 0 saturated carbocycles. The van der Waals surface area contributed by atoms with Crippen molar-refractivity contribution in [1.29, 1.82) is 0 Å². The summed E-state index contributed by atoms with van der Waals surface area (Å²) in [6.45, 7) is 7.18. The van der Waals surface area contributed by atoms with Crippen molar-refractivity contribution in [2.75, 3.05) is 11.5 Å². The van der Waals surface area contributed by atoms with Crippen molar-refractivity contribution >= 4 is 41.9 Å². The van der Waals surface area contributed by atoms with E-state index in [0.29, 0.717) is 0 Å². The van der Waals surface area contributed by atoms with Gasteiger partial charge >= 0.3 is 0 Å². The summed E-state index contributed by atoms with van der Waals surface area (Å²) in [6.07, 6.45) is 0. The number of benzene rings is 2. The van der Waals surface area contributed by atoms with Crippen LogP contribution in [0.25, 0.3) is 0 Å². The number of rotatable bonds is 4. The lowest BCUT2D eigenvalue weighted by Crippen LogP contribution is -2.20. The van der Waals surface area contributed by atoms with E-state index in [4.69, 9.17) is 18.0 Å². The predicted molar refractivity (Wildman–Crippen MR) is 116 cm³/mol. The summed E-state index contributed by atoms with van der Waals surface area (Å²) >= 11 is 7.33. The van der Waals surface area contributed by atoms with Gasteiger partial charge < -0.3 is 5.73 Å². The lowest BCUT2D eigenvalue weighted by molar-refractivity contribution is 1.38. The van der Waals surface area contributed by atoms with E-state index in [1.54, 1.807) is 11.8 Å². The molecule has 0 aliphatic rings. The van der Waals surface area contributed by atoms with Crippen molar-refractivity contribution in [3.63, 3.8) is 0 Å². The number of nitrogens with two attached hydrogens (primary N) is 1. The molecule has 2 aromatic rings. The molecule has 2 aromatic carbocycles. The Morgan fingerprint density at radius 3 is 1.96 bits per heavy atom. The number of thioether (sulfide) groups is 1. The van der Waals surface area contributed by atoms with E-state index in [2.05, 4.69) is 43.6 Å². The Balaban J connectivity index is 1.95. The molecule has 0 atom stereocenters. The minimum atomic E-state index is -0.987. The van der Waals surface area contributed by atoms with E-state index in [0.717, 1.165) is 32.3 Å². The Morgan fingerprint density at radius 1 is 0.958 bits per heavy atom. The lowest BCUT2D eigenvalue weighted by atomic mass is 10.1. The molecule has 1 nitrogen and oxygen atoms in total. The molecule has 4 heteroatoms. The number of hydrogen-bond donors (Lipinski definition) is 1. The average Bonchev–Trinajstić information content (AvgIpc) is 2.53. The van der Waals surface area contributed by atoms with Gasteiger partial charge in [-0.3, -0.25) is 0 Å². The van der Waals surface area contributed by atoms with Gasteiger partial charge in [-0.05, 0) is 53.8 Å². The fourth-order valence-electron chi connectivity index (χ4n) is 1.93. The van der Waals surface area contributed by atoms with Crippen molar-refractivity contribution in [2.24, 2.45) is 0 Å². The second kappa shape index (κ2) is 8.52. The number of anilines is 1. The lowest BCUT2D eigenvalue weighted by Gasteiger charge is -2.15. The molecule has 0 heterocycles. The van der Waals surface area contributed by atoms with Crippen molar-refractivity contribution < 1.29 is 0 Å². The minimum absolute atomic E-state index is 0.755. The molecule has 0 bridgehead atoms. The maximum atomic E-state index is 5.68. The van der Waals surface area contributed by atoms with Crippen LogP contribution >= 0.6 is 24.0 Å². The molecule has 2 N–H and O–H groups in total. The Hall–Kier alpha value is -1.54. The zero-order valence-corrected chi connectivity index (χ0v) is 17.1. The van der Waals surface area contributed by atoms with Crippen molar-refractivity contribution in [3.8, 4) is 11.8 Å². The summed E-state index contributed by atoms with van der Waals surface area (Å²) < 4.78 is 0.978. The van der Waals surface area contributed by atoms with Gasteiger partial charge in [0, 0.05) is 24.9 Å². The monoisotopic (exact) mass is 369 g/mol. The van der Waals surface area contributed by atoms with E-state index >= 15 is 0 Å². The van der Waals surface area contributed by atoms with Crippen LogP contribution in [0.15, 0.2) is 48.5 Å². The highest BCUT2D eigenvalue weighted by Crippen LogP contribution is 2.19. The minimum Gasteiger partial charge on any atom is -0.399 e. The Kier molecular flexibility index (Phi) is 6.67. The smallest absolute Gasteiger partial charge is 0.0778 e. The van der Waals surface area contributed by atoms with Crippen LogP contribution in [0.2, 0.25) is 25.7 Å². The molecule has 0 aliphatic heterocycles. The summed E-state index contributed by atoms with van der Waals surface area (Å²) in [7, 11) is -0.987. The van der Waals surface area contributed by atoms with Gasteiger partial charge in [-0.15, -0.1) is 11.8 Å². The van der Waals surface area contributed by atoms with Crippen molar-refractivity contribution in [2.45, 2.75) is 25.7 Å². The van der Waals surface area contributed by atoms with Crippen LogP contribution in [-0.2, 0) is 0 Å². The third-order valence-corrected chi connectivity index (χ3v) is 7.08. The first-order valence-electron chi connectivity index (χ1n) is 7.98. The van der Waals surface area contributed by atoms with Gasteiger partial charge in [0.05, 0.1) is 4.20 Å². The Morgan fingerprint density at radius 2 is 1.46 bits per heavy atom. The Labute approximate surface area is 156 Å². The van der Waals surface area contributed by atoms with Crippen molar-refractivity contribution in [1.82, 2.24) is 0 Å². The van der Waals surface area contributed by atoms with Gasteiger partial charge in [0.1, 0.15) is 0 Å². The summed E-state index contributed by atoms with van der Waals surface area (Å²) in [5.41, 5.74) is 9.50. The molecule has 0 aromatic heterocycles. The topological polar surface area (TPSA) is 26.0 Å². The number of hydrogen-bond acceptors (Lipinski definition) is 3. The van der Waals surface area contributed by atoms with Gasteiger partial charge in [0.25, 0.3) is 0 Å². The van der Waals surface area contributed by atoms with E-state index in [-0.39, 0.29) is 0 Å². The zero-order chi connectivity index (χ0) is 17.6. The third-order valence-electron chi connectivity index (χ3n) is 3.47. The van der Waals surface area contributed by atoms with E-state index < -0.39 is 8.07 Å². The first-order chi connectivity index (χ1) is 11.3. The number of nitrogen functional groups attached to an aromatic ring is 1. The van der Waals surface area contributed by atoms with Gasteiger partial charge in [-0.1, -0.05) is 55.8 Å². The summed E-state index contributed by atoms with van der Waals surface area (Å²) in [4.78, 5) is 0. The van der Waals surface area contributed by atoms with E-state index in [9.17, 15) is 0 Å². The van der Waals surface area contributed by atoms with Crippen LogP contribution in [0, 0.1) is 11.8 Å². The van der Waals surface area contributed by atoms with Crippen LogP contribution in [0.3, 0.4) is 0 Å². The largest absolute Gasteiger partial charge is 0.399 e. The van der Waals surface area contributed by atoms with E-state index in [1.165, 1.54) is 6.04 Å². The van der Waals surface area contributed by atoms with E-state index in [1.807, 2.05) is 36.4 Å². The summed E-state index contributed by atoms with van der Waals surface area (Å²) in [5, 5.41) is 0. The van der Waals surface area contributed by atoms with Gasteiger partial charge in [-0.2, -0.15) is 0 Å². The van der Waals surface area contributed by atoms with Gasteiger partial charge in [0.2, 0.25) is 0 Å². The molecular formula is C20H23NS2Si. The molecule has 124 valence electrons. The Bertz CT molecular complexity index is 747. The average molecular weight is 370 g/mol. The van der Waals surface area contributed by atoms with Crippen LogP contribution in [0.1, 0.15) is 16.7 Å². The molecule has 0 fully saturated rings.